The predicted molar refractivity (Wildman–Crippen MR) is 121 cm³/mol. The number of rotatable bonds is 8. The summed E-state index contributed by atoms with van der Waals surface area (Å²) >= 11 is 0. The van der Waals surface area contributed by atoms with E-state index in [1.807, 2.05) is 41.3 Å². The van der Waals surface area contributed by atoms with Crippen LogP contribution in [0, 0.1) is 12.8 Å². The molecule has 2 aromatic rings. The number of halogens is 1. The first-order valence-corrected chi connectivity index (χ1v) is 10.4. The van der Waals surface area contributed by atoms with E-state index < -0.39 is 0 Å². The van der Waals surface area contributed by atoms with Crippen molar-refractivity contribution in [1.29, 1.82) is 0 Å². The number of aryl methyl sites for hydroxylation is 1. The topological polar surface area (TPSA) is 41.6 Å². The molecule has 0 unspecified atom stereocenters. The number of carbonyl (C=O) groups excluding carboxylic acids is 1. The summed E-state index contributed by atoms with van der Waals surface area (Å²) in [5.41, 5.74) is 3.43. The molecule has 158 valence electrons. The highest BCUT2D eigenvalue weighted by molar-refractivity contribution is 5.85. The Kier molecular flexibility index (Phi) is 9.49. The van der Waals surface area contributed by atoms with Crippen molar-refractivity contribution in [2.45, 2.75) is 39.7 Å². The quantitative estimate of drug-likeness (QED) is 0.694. The number of benzene rings is 2. The van der Waals surface area contributed by atoms with Gasteiger partial charge in [0.15, 0.2) is 0 Å². The summed E-state index contributed by atoms with van der Waals surface area (Å²) in [5.74, 6) is 1.73. The Hall–Kier alpha value is -2.04. The Labute approximate surface area is 181 Å². The van der Waals surface area contributed by atoms with Crippen LogP contribution in [-0.4, -0.2) is 37.0 Å². The van der Waals surface area contributed by atoms with Crippen LogP contribution in [0.15, 0.2) is 48.5 Å². The first kappa shape index (κ1) is 23.2. The van der Waals surface area contributed by atoms with E-state index in [4.69, 9.17) is 4.74 Å². The smallest absolute Gasteiger partial charge is 0.226 e. The Morgan fingerprint density at radius 3 is 2.62 bits per heavy atom. The van der Waals surface area contributed by atoms with Crippen molar-refractivity contribution in [2.75, 3.05) is 26.2 Å². The van der Waals surface area contributed by atoms with Crippen molar-refractivity contribution >= 4 is 18.3 Å². The van der Waals surface area contributed by atoms with Gasteiger partial charge in [0.1, 0.15) is 12.4 Å². The van der Waals surface area contributed by atoms with Crippen LogP contribution in [0.25, 0.3) is 0 Å². The van der Waals surface area contributed by atoms with Crippen LogP contribution >= 0.6 is 12.4 Å². The van der Waals surface area contributed by atoms with E-state index >= 15 is 0 Å². The molecule has 1 aliphatic rings. The van der Waals surface area contributed by atoms with Gasteiger partial charge in [0.25, 0.3) is 0 Å². The first-order chi connectivity index (χ1) is 13.7. The van der Waals surface area contributed by atoms with E-state index in [9.17, 15) is 4.79 Å². The fourth-order valence-corrected chi connectivity index (χ4v) is 3.70. The van der Waals surface area contributed by atoms with Gasteiger partial charge in [0.05, 0.1) is 6.42 Å². The molecule has 0 atom stereocenters. The van der Waals surface area contributed by atoms with Gasteiger partial charge in [-0.1, -0.05) is 43.3 Å². The van der Waals surface area contributed by atoms with Crippen molar-refractivity contribution < 1.29 is 9.53 Å². The van der Waals surface area contributed by atoms with Gasteiger partial charge in [-0.15, -0.1) is 12.4 Å². The molecule has 1 heterocycles. The zero-order valence-corrected chi connectivity index (χ0v) is 18.3. The second-order valence-electron chi connectivity index (χ2n) is 7.67. The molecule has 3 rings (SSSR count). The third-order valence-electron chi connectivity index (χ3n) is 5.56. The number of hydrogen-bond donors (Lipinski definition) is 1. The average Bonchev–Trinajstić information content (AvgIpc) is 2.72. The minimum Gasteiger partial charge on any atom is -0.489 e. The molecule has 0 bridgehead atoms. The lowest BCUT2D eigenvalue weighted by molar-refractivity contribution is -0.131. The Morgan fingerprint density at radius 1 is 1.14 bits per heavy atom. The van der Waals surface area contributed by atoms with E-state index in [1.165, 1.54) is 11.1 Å². The highest BCUT2D eigenvalue weighted by Gasteiger charge is 2.22. The van der Waals surface area contributed by atoms with Gasteiger partial charge in [0.2, 0.25) is 5.91 Å². The van der Waals surface area contributed by atoms with Gasteiger partial charge >= 0.3 is 0 Å². The molecular weight excluding hydrogens is 384 g/mol. The number of nitrogens with one attached hydrogen (secondary N) is 1. The second-order valence-corrected chi connectivity index (χ2v) is 7.67. The highest BCUT2D eigenvalue weighted by Crippen LogP contribution is 2.20. The lowest BCUT2D eigenvalue weighted by Crippen LogP contribution is -2.41. The van der Waals surface area contributed by atoms with Gasteiger partial charge in [-0.2, -0.15) is 0 Å². The maximum absolute atomic E-state index is 12.7. The molecule has 2 aromatic carbocycles. The molecule has 0 radical (unpaired) electrons. The first-order valence-electron chi connectivity index (χ1n) is 10.4. The molecule has 0 saturated carbocycles. The van der Waals surface area contributed by atoms with Crippen molar-refractivity contribution in [2.24, 2.45) is 5.92 Å². The van der Waals surface area contributed by atoms with Crippen molar-refractivity contribution in [3.05, 3.63) is 65.2 Å². The number of amides is 1. The summed E-state index contributed by atoms with van der Waals surface area (Å²) < 4.78 is 5.96. The lowest BCUT2D eigenvalue weighted by atomic mass is 9.96. The third-order valence-corrected chi connectivity index (χ3v) is 5.56. The monoisotopic (exact) mass is 416 g/mol. The van der Waals surface area contributed by atoms with Gasteiger partial charge < -0.3 is 15.0 Å². The van der Waals surface area contributed by atoms with Gasteiger partial charge in [-0.25, -0.2) is 0 Å². The standard InChI is InChI=1S/C24H32N2O2.ClH/c1-3-25-17-20-11-13-26(14-12-20)24(27)16-21-8-6-10-23(15-21)28-18-22-9-5-4-7-19(22)2;/h4-10,15,20,25H,3,11-14,16-18H2,1-2H3;1H. The molecule has 5 heteroatoms. The van der Waals surface area contributed by atoms with Crippen molar-refractivity contribution in [1.82, 2.24) is 10.2 Å². The number of piperidine rings is 1. The fraction of sp³-hybridized carbons (Fsp3) is 0.458. The summed E-state index contributed by atoms with van der Waals surface area (Å²) in [5, 5.41) is 3.42. The maximum Gasteiger partial charge on any atom is 0.226 e. The fourth-order valence-electron chi connectivity index (χ4n) is 3.70. The zero-order chi connectivity index (χ0) is 19.8. The Balaban J connectivity index is 0.00000300. The van der Waals surface area contributed by atoms with Crippen molar-refractivity contribution in [3.8, 4) is 5.75 Å². The van der Waals surface area contributed by atoms with Crippen LogP contribution in [0.3, 0.4) is 0 Å². The summed E-state index contributed by atoms with van der Waals surface area (Å²) in [7, 11) is 0. The zero-order valence-electron chi connectivity index (χ0n) is 17.5. The normalized spacial score (nSPS) is 14.3. The minimum atomic E-state index is 0. The molecule has 0 aliphatic carbocycles. The summed E-state index contributed by atoms with van der Waals surface area (Å²) in [6.45, 7) is 8.60. The summed E-state index contributed by atoms with van der Waals surface area (Å²) in [6.07, 6.45) is 2.63. The van der Waals surface area contributed by atoms with E-state index in [1.54, 1.807) is 0 Å². The molecule has 1 saturated heterocycles. The SMILES string of the molecule is CCNCC1CCN(C(=O)Cc2cccc(OCc3ccccc3C)c2)CC1.Cl. The number of nitrogens with zero attached hydrogens (tertiary/aromatic N) is 1. The molecule has 29 heavy (non-hydrogen) atoms. The summed E-state index contributed by atoms with van der Waals surface area (Å²) in [4.78, 5) is 14.7. The Bertz CT molecular complexity index is 773. The van der Waals surface area contributed by atoms with Crippen LogP contribution in [0.4, 0.5) is 0 Å². The van der Waals surface area contributed by atoms with E-state index in [0.29, 0.717) is 18.9 Å². The van der Waals surface area contributed by atoms with Crippen molar-refractivity contribution in [3.63, 3.8) is 0 Å². The molecule has 1 N–H and O–H groups in total. The van der Waals surface area contributed by atoms with Crippen LogP contribution in [0.1, 0.15) is 36.5 Å². The third kappa shape index (κ3) is 7.06. The second kappa shape index (κ2) is 11.8. The molecule has 1 amide bonds. The van der Waals surface area contributed by atoms with Gasteiger partial charge in [0, 0.05) is 13.1 Å². The summed E-state index contributed by atoms with van der Waals surface area (Å²) in [6, 6.07) is 16.2. The highest BCUT2D eigenvalue weighted by atomic mass is 35.5. The van der Waals surface area contributed by atoms with E-state index in [2.05, 4.69) is 31.3 Å². The largest absolute Gasteiger partial charge is 0.489 e. The molecular formula is C24H33ClN2O2. The van der Waals surface area contributed by atoms with Crippen LogP contribution in [0.2, 0.25) is 0 Å². The van der Waals surface area contributed by atoms with Gasteiger partial charge in [-0.05, 0) is 67.6 Å². The number of likely N-dealkylation sites (tertiary alicyclic amines) is 1. The van der Waals surface area contributed by atoms with Gasteiger partial charge in [-0.3, -0.25) is 4.79 Å². The lowest BCUT2D eigenvalue weighted by Gasteiger charge is -2.32. The molecule has 4 nitrogen and oxygen atoms in total. The maximum atomic E-state index is 12.7. The molecule has 1 fully saturated rings. The minimum absolute atomic E-state index is 0. The predicted octanol–water partition coefficient (Wildman–Crippen LogP) is 4.39. The molecule has 0 aromatic heterocycles. The number of ether oxygens (including phenoxy) is 1. The van der Waals surface area contributed by atoms with Crippen LogP contribution < -0.4 is 10.1 Å². The average molecular weight is 417 g/mol. The Morgan fingerprint density at radius 2 is 1.90 bits per heavy atom. The molecule has 0 spiro atoms. The van der Waals surface area contributed by atoms with Crippen LogP contribution in [0.5, 0.6) is 5.75 Å². The van der Waals surface area contributed by atoms with Crippen LogP contribution in [-0.2, 0) is 17.8 Å². The molecule has 1 aliphatic heterocycles. The van der Waals surface area contributed by atoms with E-state index in [-0.39, 0.29) is 18.3 Å². The number of carbonyl (C=O) groups is 1. The number of hydrogen-bond acceptors (Lipinski definition) is 3. The van der Waals surface area contributed by atoms with E-state index in [0.717, 1.165) is 50.3 Å².